The molecule has 0 aromatic carbocycles. The van der Waals surface area contributed by atoms with Gasteiger partial charge in [0.2, 0.25) is 0 Å². The molecule has 2 rings (SSSR count). The predicted octanol–water partition coefficient (Wildman–Crippen LogP) is 2.37. The zero-order valence-electron chi connectivity index (χ0n) is 11.2. The molecule has 3 nitrogen and oxygen atoms in total. The Balaban J connectivity index is 2.05. The highest BCUT2D eigenvalue weighted by Crippen LogP contribution is 2.25. The first kappa shape index (κ1) is 14.1. The molecule has 0 bridgehead atoms. The van der Waals surface area contributed by atoms with Crippen LogP contribution in [0.1, 0.15) is 47.8 Å². The topological polar surface area (TPSA) is 55.1 Å². The molecular weight excluding hydrogens is 256 g/mol. The monoisotopic (exact) mass is 276 g/mol. The van der Waals surface area contributed by atoms with Gasteiger partial charge in [-0.3, -0.25) is 4.79 Å². The van der Waals surface area contributed by atoms with Gasteiger partial charge in [0.05, 0.1) is 6.54 Å². The van der Waals surface area contributed by atoms with Crippen molar-refractivity contribution in [1.82, 2.24) is 5.32 Å². The fourth-order valence-corrected chi connectivity index (χ4v) is 3.25. The third-order valence-corrected chi connectivity index (χ3v) is 4.54. The summed E-state index contributed by atoms with van der Waals surface area (Å²) in [6, 6.07) is 2.19. The molecule has 1 amide bonds. The standard InChI is InChI=1S/C15H20N2OS/c1-11-5-2-3-7-13(11)17-15(18)14-12(6-4-9-16)8-10-19-14/h8,10-11,13H,2-3,5,7,9,16H2,1H3,(H,17,18). The fraction of sp³-hybridized carbons (Fsp3) is 0.533. The summed E-state index contributed by atoms with van der Waals surface area (Å²) in [5.41, 5.74) is 6.16. The molecule has 19 heavy (non-hydrogen) atoms. The lowest BCUT2D eigenvalue weighted by Crippen LogP contribution is -2.40. The van der Waals surface area contributed by atoms with E-state index < -0.39 is 0 Å². The molecule has 4 heteroatoms. The van der Waals surface area contributed by atoms with Gasteiger partial charge in [0.15, 0.2) is 0 Å². The summed E-state index contributed by atoms with van der Waals surface area (Å²) in [6.07, 6.45) is 4.77. The van der Waals surface area contributed by atoms with Gasteiger partial charge in [0.25, 0.3) is 5.91 Å². The summed E-state index contributed by atoms with van der Waals surface area (Å²) in [4.78, 5) is 13.0. The number of nitrogens with two attached hydrogens (primary N) is 1. The van der Waals surface area contributed by atoms with Crippen molar-refractivity contribution in [1.29, 1.82) is 0 Å². The second-order valence-corrected chi connectivity index (χ2v) is 5.93. The molecule has 0 radical (unpaired) electrons. The van der Waals surface area contributed by atoms with Crippen LogP contribution in [0, 0.1) is 17.8 Å². The van der Waals surface area contributed by atoms with Crippen molar-refractivity contribution in [2.24, 2.45) is 11.7 Å². The summed E-state index contributed by atoms with van der Waals surface area (Å²) >= 11 is 1.44. The van der Waals surface area contributed by atoms with Crippen LogP contribution in [0.25, 0.3) is 0 Å². The Morgan fingerprint density at radius 2 is 2.32 bits per heavy atom. The molecule has 1 aliphatic rings. The number of hydrogen-bond donors (Lipinski definition) is 2. The Morgan fingerprint density at radius 1 is 1.53 bits per heavy atom. The number of thiophene rings is 1. The van der Waals surface area contributed by atoms with E-state index in [2.05, 4.69) is 24.1 Å². The average molecular weight is 276 g/mol. The van der Waals surface area contributed by atoms with Crippen LogP contribution in [0.3, 0.4) is 0 Å². The Labute approximate surface area is 118 Å². The van der Waals surface area contributed by atoms with E-state index in [1.165, 1.54) is 30.6 Å². The molecule has 2 atom stereocenters. The molecule has 2 unspecified atom stereocenters. The van der Waals surface area contributed by atoms with E-state index in [4.69, 9.17) is 5.73 Å². The van der Waals surface area contributed by atoms with Crippen LogP contribution >= 0.6 is 11.3 Å². The number of carbonyl (C=O) groups excluding carboxylic acids is 1. The van der Waals surface area contributed by atoms with Gasteiger partial charge >= 0.3 is 0 Å². The molecule has 1 aliphatic carbocycles. The number of carbonyl (C=O) groups is 1. The van der Waals surface area contributed by atoms with E-state index >= 15 is 0 Å². The van der Waals surface area contributed by atoms with Gasteiger partial charge in [-0.25, -0.2) is 0 Å². The van der Waals surface area contributed by atoms with Crippen molar-refractivity contribution >= 4 is 17.2 Å². The van der Waals surface area contributed by atoms with Gasteiger partial charge in [-0.05, 0) is 30.2 Å². The van der Waals surface area contributed by atoms with Gasteiger partial charge in [-0.2, -0.15) is 0 Å². The highest BCUT2D eigenvalue weighted by molar-refractivity contribution is 7.12. The summed E-state index contributed by atoms with van der Waals surface area (Å²) in [7, 11) is 0. The van der Waals surface area contributed by atoms with E-state index in [0.29, 0.717) is 23.4 Å². The summed E-state index contributed by atoms with van der Waals surface area (Å²) < 4.78 is 0. The average Bonchev–Trinajstić information content (AvgIpc) is 2.87. The zero-order chi connectivity index (χ0) is 13.7. The van der Waals surface area contributed by atoms with E-state index in [-0.39, 0.29) is 5.91 Å². The Kier molecular flexibility index (Phi) is 5.00. The fourth-order valence-electron chi connectivity index (χ4n) is 2.49. The lowest BCUT2D eigenvalue weighted by atomic mass is 9.86. The molecule has 1 fully saturated rings. The smallest absolute Gasteiger partial charge is 0.262 e. The van der Waals surface area contributed by atoms with E-state index in [9.17, 15) is 4.79 Å². The molecular formula is C15H20N2OS. The first-order valence-electron chi connectivity index (χ1n) is 6.79. The minimum Gasteiger partial charge on any atom is -0.348 e. The maximum absolute atomic E-state index is 12.3. The maximum Gasteiger partial charge on any atom is 0.262 e. The first-order chi connectivity index (χ1) is 9.22. The molecule has 1 aromatic rings. The normalized spacial score (nSPS) is 22.4. The molecule has 0 saturated heterocycles. The number of amides is 1. The number of rotatable bonds is 2. The lowest BCUT2D eigenvalue weighted by molar-refractivity contribution is 0.0914. The van der Waals surface area contributed by atoms with Crippen LogP contribution in [0.4, 0.5) is 0 Å². The molecule has 1 saturated carbocycles. The molecule has 3 N–H and O–H groups in total. The lowest BCUT2D eigenvalue weighted by Gasteiger charge is -2.29. The van der Waals surface area contributed by atoms with E-state index in [1.54, 1.807) is 0 Å². The highest BCUT2D eigenvalue weighted by Gasteiger charge is 2.24. The van der Waals surface area contributed by atoms with Crippen LogP contribution in [-0.2, 0) is 0 Å². The molecule has 0 spiro atoms. The van der Waals surface area contributed by atoms with E-state index in [0.717, 1.165) is 12.0 Å². The zero-order valence-corrected chi connectivity index (χ0v) is 12.1. The maximum atomic E-state index is 12.3. The summed E-state index contributed by atoms with van der Waals surface area (Å²) in [5.74, 6) is 6.33. The van der Waals surface area contributed by atoms with Crippen LogP contribution in [0.15, 0.2) is 11.4 Å². The second-order valence-electron chi connectivity index (χ2n) is 5.01. The quantitative estimate of drug-likeness (QED) is 0.815. The SMILES string of the molecule is CC1CCCCC1NC(=O)c1sccc1C#CCN. The van der Waals surface area contributed by atoms with Crippen molar-refractivity contribution in [3.63, 3.8) is 0 Å². The van der Waals surface area contributed by atoms with Gasteiger partial charge in [-0.15, -0.1) is 11.3 Å². The second kappa shape index (κ2) is 6.74. The van der Waals surface area contributed by atoms with Crippen LogP contribution in [-0.4, -0.2) is 18.5 Å². The van der Waals surface area contributed by atoms with Gasteiger partial charge in [0.1, 0.15) is 4.88 Å². The van der Waals surface area contributed by atoms with Gasteiger partial charge in [0, 0.05) is 11.6 Å². The van der Waals surface area contributed by atoms with Crippen molar-refractivity contribution < 1.29 is 4.79 Å². The van der Waals surface area contributed by atoms with Crippen molar-refractivity contribution in [2.75, 3.05) is 6.54 Å². The number of hydrogen-bond acceptors (Lipinski definition) is 3. The number of nitrogens with one attached hydrogen (secondary N) is 1. The largest absolute Gasteiger partial charge is 0.348 e. The van der Waals surface area contributed by atoms with Crippen LogP contribution in [0.5, 0.6) is 0 Å². The van der Waals surface area contributed by atoms with E-state index in [1.807, 2.05) is 11.4 Å². The van der Waals surface area contributed by atoms with Crippen molar-refractivity contribution in [3.05, 3.63) is 21.9 Å². The molecule has 1 heterocycles. The molecule has 0 aliphatic heterocycles. The third kappa shape index (κ3) is 3.59. The Bertz CT molecular complexity index is 498. The molecule has 102 valence electrons. The minimum atomic E-state index is 0.00933. The summed E-state index contributed by atoms with van der Waals surface area (Å²) in [6.45, 7) is 2.53. The van der Waals surface area contributed by atoms with Crippen LogP contribution < -0.4 is 11.1 Å². The predicted molar refractivity (Wildman–Crippen MR) is 79.1 cm³/mol. The summed E-state index contributed by atoms with van der Waals surface area (Å²) in [5, 5.41) is 5.06. The highest BCUT2D eigenvalue weighted by atomic mass is 32.1. The first-order valence-corrected chi connectivity index (χ1v) is 7.67. The Hall–Kier alpha value is -1.31. The minimum absolute atomic E-state index is 0.00933. The molecule has 1 aromatic heterocycles. The van der Waals surface area contributed by atoms with Crippen LogP contribution in [0.2, 0.25) is 0 Å². The Morgan fingerprint density at radius 3 is 3.05 bits per heavy atom. The van der Waals surface area contributed by atoms with Crippen molar-refractivity contribution in [2.45, 2.75) is 38.6 Å². The van der Waals surface area contributed by atoms with Crippen molar-refractivity contribution in [3.8, 4) is 11.8 Å². The third-order valence-electron chi connectivity index (χ3n) is 3.62. The van der Waals surface area contributed by atoms with Gasteiger partial charge in [-0.1, -0.05) is 31.6 Å². The van der Waals surface area contributed by atoms with Gasteiger partial charge < -0.3 is 11.1 Å².